The summed E-state index contributed by atoms with van der Waals surface area (Å²) in [5.74, 6) is -0.655. The molecule has 0 saturated carbocycles. The van der Waals surface area contributed by atoms with Crippen LogP contribution in [0.4, 0.5) is 0 Å². The summed E-state index contributed by atoms with van der Waals surface area (Å²) in [5.41, 5.74) is 0. The maximum atomic E-state index is 10.3. The number of hydrogen-bond acceptors (Lipinski definition) is 3. The van der Waals surface area contributed by atoms with E-state index in [-0.39, 0.29) is 6.61 Å². The van der Waals surface area contributed by atoms with E-state index in [0.29, 0.717) is 6.42 Å². The lowest BCUT2D eigenvalue weighted by atomic mass is 10.0. The van der Waals surface area contributed by atoms with Gasteiger partial charge in [0.25, 0.3) is 0 Å². The van der Waals surface area contributed by atoms with Gasteiger partial charge in [0.15, 0.2) is 0 Å². The van der Waals surface area contributed by atoms with Gasteiger partial charge >= 0.3 is 5.97 Å². The first-order chi connectivity index (χ1) is 12.6. The van der Waals surface area contributed by atoms with Gasteiger partial charge in [0, 0.05) is 13.0 Å². The molecule has 0 fully saturated rings. The molecule has 0 radical (unpaired) electrons. The van der Waals surface area contributed by atoms with Crippen LogP contribution in [0.5, 0.6) is 0 Å². The number of unbranched alkanes of at least 4 members (excludes halogenated alkanes) is 12. The minimum atomic E-state index is -0.655. The Bertz CT molecular complexity index is 268. The molecule has 4 heteroatoms. The number of likely N-dealkylation sites (N-methyl/N-ethyl adjacent to an activating group) is 1. The topological polar surface area (TPSA) is 60.8 Å². The zero-order valence-corrected chi connectivity index (χ0v) is 18.0. The van der Waals surface area contributed by atoms with Crippen LogP contribution >= 0.6 is 0 Å². The average molecular weight is 374 g/mol. The number of hydrogen-bond donors (Lipinski definition) is 2. The maximum absolute atomic E-state index is 10.3. The van der Waals surface area contributed by atoms with Gasteiger partial charge in [-0.1, -0.05) is 97.8 Å². The number of aliphatic carboxylic acids is 1. The molecule has 0 aliphatic heterocycles. The van der Waals surface area contributed by atoms with Crippen molar-refractivity contribution in [2.24, 2.45) is 0 Å². The molecule has 0 amide bonds. The molecule has 0 saturated heterocycles. The third-order valence-electron chi connectivity index (χ3n) is 4.80. The van der Waals surface area contributed by atoms with Gasteiger partial charge in [-0.3, -0.25) is 4.79 Å². The van der Waals surface area contributed by atoms with Gasteiger partial charge in [0.05, 0.1) is 6.61 Å². The lowest BCUT2D eigenvalue weighted by Crippen LogP contribution is -2.25. The molecule has 2 N–H and O–H groups in total. The molecule has 158 valence electrons. The van der Waals surface area contributed by atoms with Gasteiger partial charge in [-0.05, 0) is 19.5 Å². The predicted octanol–water partition coefficient (Wildman–Crippen LogP) is 5.87. The fraction of sp³-hybridized carbons (Fsp3) is 0.955. The van der Waals surface area contributed by atoms with Crippen molar-refractivity contribution < 1.29 is 15.0 Å². The van der Waals surface area contributed by atoms with Crippen molar-refractivity contribution in [3.63, 3.8) is 0 Å². The molecule has 0 aromatic rings. The number of rotatable bonds is 18. The van der Waals surface area contributed by atoms with Crippen LogP contribution in [0.25, 0.3) is 0 Å². The summed E-state index contributed by atoms with van der Waals surface area (Å²) in [6, 6.07) is 0. The summed E-state index contributed by atoms with van der Waals surface area (Å²) >= 11 is 0. The second-order valence-electron chi connectivity index (χ2n) is 7.14. The molecule has 26 heavy (non-hydrogen) atoms. The number of aliphatic hydroxyl groups excluding tert-OH is 1. The average Bonchev–Trinajstić information content (AvgIpc) is 2.64. The highest BCUT2D eigenvalue weighted by Gasteiger charge is 1.97. The minimum absolute atomic E-state index is 0.279. The highest BCUT2D eigenvalue weighted by atomic mass is 16.4. The van der Waals surface area contributed by atoms with E-state index in [0.717, 1.165) is 32.5 Å². The van der Waals surface area contributed by atoms with Crippen LogP contribution in [0.3, 0.4) is 0 Å². The Morgan fingerprint density at radius 3 is 1.35 bits per heavy atom. The maximum Gasteiger partial charge on any atom is 0.303 e. The Morgan fingerprint density at radius 1 is 0.692 bits per heavy atom. The van der Waals surface area contributed by atoms with E-state index in [1.54, 1.807) is 0 Å². The van der Waals surface area contributed by atoms with Crippen molar-refractivity contribution in [1.29, 1.82) is 0 Å². The summed E-state index contributed by atoms with van der Waals surface area (Å²) in [6.07, 6.45) is 17.3. The summed E-state index contributed by atoms with van der Waals surface area (Å²) in [5, 5.41) is 16.9. The van der Waals surface area contributed by atoms with Crippen LogP contribution < -0.4 is 0 Å². The molecule has 0 heterocycles. The number of carbonyl (C=O) groups is 1. The number of nitrogens with zero attached hydrogens (tertiary/aromatic N) is 1. The quantitative estimate of drug-likeness (QED) is 0.295. The molecular formula is C22H47NO3. The van der Waals surface area contributed by atoms with Crippen molar-refractivity contribution in [3.05, 3.63) is 0 Å². The summed E-state index contributed by atoms with van der Waals surface area (Å²) in [7, 11) is 0. The molecule has 0 atom stereocenters. The normalized spacial score (nSPS) is 10.7. The van der Waals surface area contributed by atoms with E-state index in [9.17, 15) is 4.79 Å². The van der Waals surface area contributed by atoms with E-state index in [4.69, 9.17) is 10.2 Å². The van der Waals surface area contributed by atoms with E-state index < -0.39 is 5.97 Å². The molecule has 0 rings (SSSR count). The SMILES string of the molecule is CCCCCCCCCCCCCCCC(=O)O.CCN(CC)CCO. The van der Waals surface area contributed by atoms with Crippen molar-refractivity contribution in [1.82, 2.24) is 4.90 Å². The van der Waals surface area contributed by atoms with Crippen molar-refractivity contribution >= 4 is 5.97 Å². The summed E-state index contributed by atoms with van der Waals surface area (Å²) in [4.78, 5) is 12.5. The Hall–Kier alpha value is -0.610. The van der Waals surface area contributed by atoms with Gasteiger partial charge in [-0.15, -0.1) is 0 Å². The standard InChI is InChI=1S/C16H32O2.C6H15NO/c1-2-3-4-5-6-7-8-9-10-11-12-13-14-15-16(17)18;1-3-7(4-2)5-6-8/h2-15H2,1H3,(H,17,18);8H,3-6H2,1-2H3. The molecule has 0 unspecified atom stereocenters. The van der Waals surface area contributed by atoms with Gasteiger partial charge in [0.1, 0.15) is 0 Å². The van der Waals surface area contributed by atoms with E-state index in [1.165, 1.54) is 70.6 Å². The smallest absolute Gasteiger partial charge is 0.303 e. The fourth-order valence-electron chi connectivity index (χ4n) is 2.98. The fourth-order valence-corrected chi connectivity index (χ4v) is 2.98. The van der Waals surface area contributed by atoms with Gasteiger partial charge < -0.3 is 15.1 Å². The van der Waals surface area contributed by atoms with Crippen molar-refractivity contribution in [3.8, 4) is 0 Å². The molecule has 0 aliphatic carbocycles. The minimum Gasteiger partial charge on any atom is -0.481 e. The highest BCUT2D eigenvalue weighted by Crippen LogP contribution is 2.12. The highest BCUT2D eigenvalue weighted by molar-refractivity contribution is 5.66. The largest absolute Gasteiger partial charge is 0.481 e. The molecule has 0 bridgehead atoms. The Kier molecular flexibility index (Phi) is 25.9. The third-order valence-corrected chi connectivity index (χ3v) is 4.80. The van der Waals surface area contributed by atoms with Crippen molar-refractivity contribution in [2.45, 2.75) is 111 Å². The number of carboxylic acids is 1. The summed E-state index contributed by atoms with van der Waals surface area (Å²) in [6.45, 7) is 9.62. The van der Waals surface area contributed by atoms with Gasteiger partial charge in [0.2, 0.25) is 0 Å². The molecule has 0 aliphatic rings. The Labute approximate surface area is 163 Å². The third kappa shape index (κ3) is 25.6. The predicted molar refractivity (Wildman–Crippen MR) is 113 cm³/mol. The van der Waals surface area contributed by atoms with Gasteiger partial charge in [-0.2, -0.15) is 0 Å². The monoisotopic (exact) mass is 373 g/mol. The molecular weight excluding hydrogens is 326 g/mol. The first-order valence-corrected chi connectivity index (χ1v) is 11.2. The van der Waals surface area contributed by atoms with E-state index in [2.05, 4.69) is 25.7 Å². The zero-order chi connectivity index (χ0) is 19.9. The van der Waals surface area contributed by atoms with Crippen LogP contribution in [0.1, 0.15) is 111 Å². The molecule has 0 aromatic heterocycles. The molecule has 4 nitrogen and oxygen atoms in total. The van der Waals surface area contributed by atoms with Crippen LogP contribution in [0.15, 0.2) is 0 Å². The lowest BCUT2D eigenvalue weighted by molar-refractivity contribution is -0.137. The lowest BCUT2D eigenvalue weighted by Gasteiger charge is -2.15. The number of aliphatic hydroxyl groups is 1. The first-order valence-electron chi connectivity index (χ1n) is 11.2. The second-order valence-corrected chi connectivity index (χ2v) is 7.14. The number of carboxylic acid groups (broad SMARTS) is 1. The van der Waals surface area contributed by atoms with Crippen LogP contribution in [-0.4, -0.2) is 47.3 Å². The zero-order valence-electron chi connectivity index (χ0n) is 18.0. The first kappa shape index (κ1) is 27.6. The van der Waals surface area contributed by atoms with E-state index in [1.807, 2.05) is 0 Å². The van der Waals surface area contributed by atoms with Crippen LogP contribution in [0, 0.1) is 0 Å². The van der Waals surface area contributed by atoms with Crippen molar-refractivity contribution in [2.75, 3.05) is 26.2 Å². The van der Waals surface area contributed by atoms with Gasteiger partial charge in [-0.25, -0.2) is 0 Å². The second kappa shape index (κ2) is 24.4. The molecule has 0 aromatic carbocycles. The van der Waals surface area contributed by atoms with Crippen LogP contribution in [0.2, 0.25) is 0 Å². The molecule has 0 spiro atoms. The van der Waals surface area contributed by atoms with E-state index >= 15 is 0 Å². The Morgan fingerprint density at radius 2 is 1.08 bits per heavy atom. The van der Waals surface area contributed by atoms with Crippen LogP contribution in [-0.2, 0) is 4.79 Å². The summed E-state index contributed by atoms with van der Waals surface area (Å²) < 4.78 is 0. The Balaban J connectivity index is 0.